The molecule has 74 valence electrons. The van der Waals surface area contributed by atoms with Crippen molar-refractivity contribution in [3.63, 3.8) is 0 Å². The second kappa shape index (κ2) is 3.57. The van der Waals surface area contributed by atoms with Crippen molar-refractivity contribution in [2.24, 2.45) is 0 Å². The summed E-state index contributed by atoms with van der Waals surface area (Å²) < 4.78 is 17.7. The summed E-state index contributed by atoms with van der Waals surface area (Å²) in [5, 5.41) is 0.518. The summed E-state index contributed by atoms with van der Waals surface area (Å²) in [6.07, 6.45) is 0. The van der Waals surface area contributed by atoms with E-state index in [1.165, 1.54) is 6.07 Å². The van der Waals surface area contributed by atoms with Gasteiger partial charge in [-0.1, -0.05) is 17.6 Å². The van der Waals surface area contributed by atoms with Crippen LogP contribution in [0.1, 0.15) is 5.76 Å². The van der Waals surface area contributed by atoms with Crippen LogP contribution < -0.4 is 16.4 Å². The molecule has 1 aromatic carbocycles. The van der Waals surface area contributed by atoms with E-state index in [9.17, 15) is 9.18 Å². The van der Waals surface area contributed by atoms with Gasteiger partial charge in [0, 0.05) is 6.07 Å². The molecule has 0 amide bonds. The lowest BCUT2D eigenvalue weighted by molar-refractivity contribution is 0.401. The van der Waals surface area contributed by atoms with Gasteiger partial charge < -0.3 is 4.42 Å². The summed E-state index contributed by atoms with van der Waals surface area (Å²) in [5.41, 5.74) is 2.16. The second-order valence-corrected chi connectivity index (χ2v) is 3.67. The molecular weight excluding hydrogens is 193 g/mol. The predicted octanol–water partition coefficient (Wildman–Crippen LogP) is -1.22. The minimum atomic E-state index is -0.751. The number of hydrogen-bond donors (Lipinski definition) is 0. The van der Waals surface area contributed by atoms with Crippen LogP contribution >= 0.6 is 0 Å². The van der Waals surface area contributed by atoms with E-state index in [2.05, 4.69) is 0 Å². The molecule has 1 heterocycles. The molecule has 0 radical (unpaired) electrons. The molecule has 2 aromatic rings. The van der Waals surface area contributed by atoms with Crippen molar-refractivity contribution in [2.45, 2.75) is 6.67 Å². The monoisotopic (exact) mass is 202 g/mol. The first-order valence-electron chi connectivity index (χ1n) is 4.72. The maximum absolute atomic E-state index is 12.4. The fourth-order valence-electron chi connectivity index (χ4n) is 1.72. The molecule has 5 heteroatoms. The maximum atomic E-state index is 12.4. The van der Waals surface area contributed by atoms with Crippen molar-refractivity contribution in [3.8, 4) is 0 Å². The molecule has 0 spiro atoms. The molecule has 2 nitrogen and oxygen atoms in total. The molecule has 0 bridgehead atoms. The van der Waals surface area contributed by atoms with Gasteiger partial charge in [-0.3, -0.25) is 4.79 Å². The average Bonchev–Trinajstić information content (AvgIpc) is 2.19. The standard InChI is InChI=1S/C10H9B2FO2/c11-5-1-7-9(14)3-6(4-13)15-10(7)8(12)2-5/h1-3H,4,11-12H2. The van der Waals surface area contributed by atoms with Crippen LogP contribution in [0.25, 0.3) is 11.0 Å². The molecule has 0 saturated heterocycles. The summed E-state index contributed by atoms with van der Waals surface area (Å²) in [5.74, 6) is 0.0828. The van der Waals surface area contributed by atoms with Crippen molar-refractivity contribution in [2.75, 3.05) is 0 Å². The van der Waals surface area contributed by atoms with Crippen LogP contribution in [0.2, 0.25) is 0 Å². The summed E-state index contributed by atoms with van der Waals surface area (Å²) in [6.45, 7) is -0.751. The van der Waals surface area contributed by atoms with Gasteiger partial charge in [-0.05, 0) is 5.46 Å². The number of hydrogen-bond acceptors (Lipinski definition) is 2. The van der Waals surface area contributed by atoms with Crippen LogP contribution in [-0.2, 0) is 6.67 Å². The Morgan fingerprint density at radius 2 is 2.00 bits per heavy atom. The van der Waals surface area contributed by atoms with Crippen LogP contribution in [0.4, 0.5) is 4.39 Å². The first kappa shape index (κ1) is 10.0. The van der Waals surface area contributed by atoms with Gasteiger partial charge in [-0.15, -0.1) is 0 Å². The van der Waals surface area contributed by atoms with Gasteiger partial charge in [0.25, 0.3) is 0 Å². The van der Waals surface area contributed by atoms with Crippen molar-refractivity contribution in [1.29, 1.82) is 0 Å². The molecule has 0 aliphatic carbocycles. The lowest BCUT2D eigenvalue weighted by atomic mass is 9.85. The molecule has 0 aliphatic heterocycles. The highest BCUT2D eigenvalue weighted by molar-refractivity contribution is 6.42. The Balaban J connectivity index is 2.91. The zero-order valence-corrected chi connectivity index (χ0v) is 8.63. The van der Waals surface area contributed by atoms with E-state index in [1.807, 2.05) is 21.8 Å². The first-order chi connectivity index (χ1) is 7.11. The Bertz CT molecular complexity index is 577. The fourth-order valence-corrected chi connectivity index (χ4v) is 1.72. The molecule has 0 saturated carbocycles. The zero-order chi connectivity index (χ0) is 11.0. The van der Waals surface area contributed by atoms with Gasteiger partial charge >= 0.3 is 0 Å². The van der Waals surface area contributed by atoms with E-state index < -0.39 is 6.67 Å². The van der Waals surface area contributed by atoms with Gasteiger partial charge in [-0.2, -0.15) is 0 Å². The Morgan fingerprint density at radius 1 is 1.27 bits per heavy atom. The molecule has 1 aromatic heterocycles. The first-order valence-corrected chi connectivity index (χ1v) is 4.72. The third kappa shape index (κ3) is 1.69. The van der Waals surface area contributed by atoms with Crippen molar-refractivity contribution in [1.82, 2.24) is 0 Å². The average molecular weight is 202 g/mol. The maximum Gasteiger partial charge on any atom is 0.193 e. The lowest BCUT2D eigenvalue weighted by Crippen LogP contribution is -2.18. The quantitative estimate of drug-likeness (QED) is 0.542. The number of halogens is 1. The number of alkyl halides is 1. The summed E-state index contributed by atoms with van der Waals surface area (Å²) in [7, 11) is 3.76. The molecule has 0 aliphatic rings. The predicted molar refractivity (Wildman–Crippen MR) is 63.7 cm³/mol. The topological polar surface area (TPSA) is 30.2 Å². The molecule has 15 heavy (non-hydrogen) atoms. The van der Waals surface area contributed by atoms with E-state index >= 15 is 0 Å². The normalized spacial score (nSPS) is 10.7. The molecule has 0 atom stereocenters. The zero-order valence-electron chi connectivity index (χ0n) is 8.63. The minimum Gasteiger partial charge on any atom is -0.459 e. The Hall–Kier alpha value is -1.51. The highest BCUT2D eigenvalue weighted by atomic mass is 19.1. The molecular formula is C10H9B2FO2. The van der Waals surface area contributed by atoms with Gasteiger partial charge in [0.15, 0.2) is 5.43 Å². The van der Waals surface area contributed by atoms with Gasteiger partial charge in [0.1, 0.15) is 33.7 Å². The Morgan fingerprint density at radius 3 is 2.67 bits per heavy atom. The SMILES string of the molecule is Bc1cc(B)c2oc(CF)cc(=O)c2c1. The van der Waals surface area contributed by atoms with Crippen LogP contribution in [0, 0.1) is 0 Å². The number of rotatable bonds is 1. The summed E-state index contributed by atoms with van der Waals surface area (Å²) in [6, 6.07) is 4.88. The summed E-state index contributed by atoms with van der Waals surface area (Å²) >= 11 is 0. The largest absolute Gasteiger partial charge is 0.459 e. The van der Waals surface area contributed by atoms with Gasteiger partial charge in [0.05, 0.1) is 5.39 Å². The number of benzene rings is 1. The van der Waals surface area contributed by atoms with Crippen molar-refractivity contribution in [3.05, 3.63) is 34.2 Å². The van der Waals surface area contributed by atoms with Crippen LogP contribution in [0.15, 0.2) is 27.4 Å². The van der Waals surface area contributed by atoms with Crippen LogP contribution in [0.5, 0.6) is 0 Å². The second-order valence-electron chi connectivity index (χ2n) is 3.67. The van der Waals surface area contributed by atoms with Crippen molar-refractivity contribution >= 4 is 37.6 Å². The summed E-state index contributed by atoms with van der Waals surface area (Å²) in [4.78, 5) is 11.6. The molecule has 0 N–H and O–H groups in total. The fraction of sp³-hybridized carbons (Fsp3) is 0.100. The molecule has 0 fully saturated rings. The minimum absolute atomic E-state index is 0.0828. The highest BCUT2D eigenvalue weighted by Crippen LogP contribution is 2.09. The Kier molecular flexibility index (Phi) is 2.39. The third-order valence-electron chi connectivity index (χ3n) is 2.34. The van der Waals surface area contributed by atoms with Crippen LogP contribution in [0.3, 0.4) is 0 Å². The number of fused-ring (bicyclic) bond motifs is 1. The Labute approximate surface area is 87.9 Å². The van der Waals surface area contributed by atoms with E-state index in [-0.39, 0.29) is 11.2 Å². The molecule has 0 unspecified atom stereocenters. The van der Waals surface area contributed by atoms with E-state index in [0.29, 0.717) is 11.0 Å². The lowest BCUT2D eigenvalue weighted by Gasteiger charge is -2.04. The van der Waals surface area contributed by atoms with E-state index in [4.69, 9.17) is 4.42 Å². The smallest absolute Gasteiger partial charge is 0.193 e. The van der Waals surface area contributed by atoms with Gasteiger partial charge in [0.2, 0.25) is 0 Å². The van der Waals surface area contributed by atoms with Crippen molar-refractivity contribution < 1.29 is 8.81 Å². The highest BCUT2D eigenvalue weighted by Gasteiger charge is 2.07. The van der Waals surface area contributed by atoms with Crippen LogP contribution in [-0.4, -0.2) is 15.7 Å². The van der Waals surface area contributed by atoms with E-state index in [0.717, 1.165) is 10.9 Å². The molecule has 2 rings (SSSR count). The van der Waals surface area contributed by atoms with Gasteiger partial charge in [-0.25, -0.2) is 4.39 Å². The van der Waals surface area contributed by atoms with E-state index in [1.54, 1.807) is 6.07 Å². The third-order valence-corrected chi connectivity index (χ3v) is 2.34.